The minimum absolute atomic E-state index is 0.00516. The summed E-state index contributed by atoms with van der Waals surface area (Å²) in [5.74, 6) is -0.837. The number of amides is 4. The van der Waals surface area contributed by atoms with Crippen LogP contribution in [0.4, 0.5) is 5.69 Å². The summed E-state index contributed by atoms with van der Waals surface area (Å²) in [6, 6.07) is 14.0. The Bertz CT molecular complexity index is 1780. The lowest BCUT2D eigenvalue weighted by molar-refractivity contribution is -0.137. The molecular weight excluding hydrogens is 644 g/mol. The lowest BCUT2D eigenvalue weighted by Crippen LogP contribution is -2.46. The van der Waals surface area contributed by atoms with E-state index in [4.69, 9.17) is 37.7 Å². The van der Waals surface area contributed by atoms with Gasteiger partial charge in [-0.15, -0.1) is 0 Å². The number of hydrogen-bond acceptors (Lipinski definition) is 9. The van der Waals surface area contributed by atoms with Crippen LogP contribution < -0.4 is 20.9 Å². The van der Waals surface area contributed by atoms with Crippen LogP contribution in [0, 0.1) is 0 Å². The first-order valence-corrected chi connectivity index (χ1v) is 15.7. The van der Waals surface area contributed by atoms with Gasteiger partial charge in [-0.1, -0.05) is 23.8 Å². The lowest BCUT2D eigenvalue weighted by atomic mass is 10.00. The van der Waals surface area contributed by atoms with Gasteiger partial charge in [0, 0.05) is 47.7 Å². The quantitative estimate of drug-likeness (QED) is 0.192. The average Bonchev–Trinajstić information content (AvgIpc) is 3.31. The number of imide groups is 1. The van der Waals surface area contributed by atoms with Crippen LogP contribution in [0.3, 0.4) is 0 Å². The number of hydrogen-bond donors (Lipinski definition) is 2. The molecule has 2 heterocycles. The van der Waals surface area contributed by atoms with E-state index in [1.165, 1.54) is 12.2 Å². The van der Waals surface area contributed by atoms with Gasteiger partial charge in [-0.3, -0.25) is 24.1 Å². The number of nitrogens with zero attached hydrogens (tertiary/aromatic N) is 2. The number of fused-ring (bicyclic) bond motifs is 1. The molecule has 0 atom stereocenters. The summed E-state index contributed by atoms with van der Waals surface area (Å²) >= 11 is 11.8. The van der Waals surface area contributed by atoms with E-state index in [1.54, 1.807) is 69.5 Å². The van der Waals surface area contributed by atoms with Crippen LogP contribution in [0.25, 0.3) is 11.0 Å². The van der Waals surface area contributed by atoms with Gasteiger partial charge in [0.15, 0.2) is 0 Å². The Morgan fingerprint density at radius 1 is 1.00 bits per heavy atom. The summed E-state index contributed by atoms with van der Waals surface area (Å²) < 4.78 is 17.4. The Balaban J connectivity index is 1.35. The van der Waals surface area contributed by atoms with E-state index >= 15 is 0 Å². The number of thiocarbonyl (C=S) groups is 1. The highest BCUT2D eigenvalue weighted by Gasteiger charge is 2.28. The molecule has 0 radical (unpaired) electrons. The fourth-order valence-corrected chi connectivity index (χ4v) is 5.19. The van der Waals surface area contributed by atoms with Crippen LogP contribution in [0.2, 0.25) is 5.02 Å². The normalized spacial score (nSPS) is 13.7. The van der Waals surface area contributed by atoms with Gasteiger partial charge in [0.25, 0.3) is 11.8 Å². The zero-order valence-corrected chi connectivity index (χ0v) is 28.4. The molecule has 0 saturated carbocycles. The molecule has 11 nitrogen and oxygen atoms in total. The Morgan fingerprint density at radius 3 is 2.34 bits per heavy atom. The summed E-state index contributed by atoms with van der Waals surface area (Å²) in [4.78, 5) is 54.8. The molecule has 248 valence electrons. The molecule has 2 N–H and O–H groups in total. The van der Waals surface area contributed by atoms with Gasteiger partial charge in [-0.25, -0.2) is 4.99 Å². The van der Waals surface area contributed by atoms with E-state index in [2.05, 4.69) is 15.6 Å². The molecule has 0 unspecified atom stereocenters. The molecule has 0 spiro atoms. The Labute approximate surface area is 283 Å². The van der Waals surface area contributed by atoms with Gasteiger partial charge in [0.05, 0.1) is 30.4 Å². The van der Waals surface area contributed by atoms with E-state index in [0.29, 0.717) is 39.4 Å². The van der Waals surface area contributed by atoms with Crippen molar-refractivity contribution in [2.75, 3.05) is 20.3 Å². The molecule has 1 aromatic heterocycles. The predicted molar refractivity (Wildman–Crippen MR) is 181 cm³/mol. The number of nitrogens with one attached hydrogen (secondary N) is 2. The molecule has 47 heavy (non-hydrogen) atoms. The van der Waals surface area contributed by atoms with Crippen LogP contribution in [-0.4, -0.2) is 64.9 Å². The summed E-state index contributed by atoms with van der Waals surface area (Å²) in [6.07, 6.45) is 2.80. The molecule has 1 aliphatic heterocycles. The van der Waals surface area contributed by atoms with E-state index in [1.807, 2.05) is 13.8 Å². The molecule has 13 heteroatoms. The van der Waals surface area contributed by atoms with Gasteiger partial charge in [0.1, 0.15) is 16.3 Å². The third-order valence-corrected chi connectivity index (χ3v) is 7.81. The van der Waals surface area contributed by atoms with Crippen LogP contribution in [0.5, 0.6) is 5.75 Å². The molecule has 1 aliphatic rings. The van der Waals surface area contributed by atoms with Crippen LogP contribution in [-0.2, 0) is 23.9 Å². The molecule has 3 aromatic rings. The monoisotopic (exact) mass is 680 g/mol. The number of carbonyl (C=O) groups is 4. The fraction of sp³-hybridized carbons (Fsp3) is 0.353. The highest BCUT2D eigenvalue weighted by Crippen LogP contribution is 2.22. The molecule has 2 aromatic carbocycles. The topological polar surface area (TPSA) is 140 Å². The minimum atomic E-state index is -0.860. The maximum absolute atomic E-state index is 13.1. The van der Waals surface area contributed by atoms with Crippen molar-refractivity contribution in [2.24, 2.45) is 4.99 Å². The van der Waals surface area contributed by atoms with Gasteiger partial charge < -0.3 is 24.5 Å². The number of halogens is 1. The van der Waals surface area contributed by atoms with E-state index in [0.717, 1.165) is 4.90 Å². The minimum Gasteiger partial charge on any atom is -0.497 e. The molecule has 4 amide bonds. The summed E-state index contributed by atoms with van der Waals surface area (Å²) in [7, 11) is 1.58. The smallest absolute Gasteiger partial charge is 0.253 e. The first-order chi connectivity index (χ1) is 22.1. The van der Waals surface area contributed by atoms with Crippen molar-refractivity contribution in [1.82, 2.24) is 15.5 Å². The van der Waals surface area contributed by atoms with Gasteiger partial charge >= 0.3 is 0 Å². The molecule has 4 rings (SSSR count). The standard InChI is InChI=1S/C34H37ClN4O7S/c1-33(2,38-27(40)14-16-39-29(42)12-13-30(39)43)15-17-45-34(3,4)20-28(41)37-32(47)25-19-21-18-22(35)6-11-26(21)46-31(25)36-23-7-9-24(44-5)10-8-23/h6-13,18-19H,14-17,20H2,1-5H3,(H,38,40)(H,37,41,47). The Hall–Kier alpha value is -4.39. The third kappa shape index (κ3) is 10.0. The Morgan fingerprint density at radius 2 is 1.68 bits per heavy atom. The highest BCUT2D eigenvalue weighted by atomic mass is 35.5. The first kappa shape index (κ1) is 35.5. The van der Waals surface area contributed by atoms with Crippen molar-refractivity contribution in [3.05, 3.63) is 76.8 Å². The molecular formula is C34H37ClN4O7S. The van der Waals surface area contributed by atoms with E-state index in [-0.39, 0.29) is 48.4 Å². The average molecular weight is 681 g/mol. The second-order valence-corrected chi connectivity index (χ2v) is 13.1. The van der Waals surface area contributed by atoms with Crippen molar-refractivity contribution >= 4 is 69.1 Å². The maximum Gasteiger partial charge on any atom is 0.253 e. The molecule has 0 saturated heterocycles. The predicted octanol–water partition coefficient (Wildman–Crippen LogP) is 4.90. The zero-order valence-electron chi connectivity index (χ0n) is 26.8. The first-order valence-electron chi connectivity index (χ1n) is 14.9. The number of carbonyl (C=O) groups excluding carboxylic acids is 4. The van der Waals surface area contributed by atoms with Crippen molar-refractivity contribution in [2.45, 2.75) is 58.1 Å². The maximum atomic E-state index is 13.1. The summed E-state index contributed by atoms with van der Waals surface area (Å²) in [6.45, 7) is 7.52. The number of benzene rings is 2. The van der Waals surface area contributed by atoms with Crippen molar-refractivity contribution in [3.63, 3.8) is 0 Å². The fourth-order valence-electron chi connectivity index (χ4n) is 4.75. The second-order valence-electron chi connectivity index (χ2n) is 12.2. The SMILES string of the molecule is COc1ccc(N=c2oc3ccc(Cl)cc3cc2C(=S)NC(=O)CC(C)(C)OCCC(C)(C)NC(=O)CCN2C(=O)C=CC2=O)cc1. The summed E-state index contributed by atoms with van der Waals surface area (Å²) in [5.41, 5.74) is 0.264. The second kappa shape index (κ2) is 15.0. The lowest BCUT2D eigenvalue weighted by Gasteiger charge is -2.30. The zero-order chi connectivity index (χ0) is 34.4. The van der Waals surface area contributed by atoms with E-state index < -0.39 is 23.0 Å². The van der Waals surface area contributed by atoms with Crippen molar-refractivity contribution in [3.8, 4) is 5.75 Å². The largest absolute Gasteiger partial charge is 0.497 e. The van der Waals surface area contributed by atoms with Crippen LogP contribution >= 0.6 is 23.8 Å². The van der Waals surface area contributed by atoms with Gasteiger partial charge in [-0.2, -0.15) is 0 Å². The van der Waals surface area contributed by atoms with Crippen LogP contribution in [0.15, 0.2) is 70.1 Å². The number of rotatable bonds is 13. The molecule has 0 aliphatic carbocycles. The summed E-state index contributed by atoms with van der Waals surface area (Å²) in [5, 5.41) is 6.89. The van der Waals surface area contributed by atoms with Crippen molar-refractivity contribution < 1.29 is 33.1 Å². The third-order valence-electron chi connectivity index (χ3n) is 7.26. The molecule has 0 fully saturated rings. The Kier molecular flexibility index (Phi) is 11.3. The van der Waals surface area contributed by atoms with E-state index in [9.17, 15) is 19.2 Å². The van der Waals surface area contributed by atoms with Gasteiger partial charge in [0.2, 0.25) is 17.4 Å². The highest BCUT2D eigenvalue weighted by molar-refractivity contribution is 7.80. The number of ether oxygens (including phenoxy) is 2. The number of methoxy groups -OCH3 is 1. The van der Waals surface area contributed by atoms with Crippen LogP contribution in [0.1, 0.15) is 52.5 Å². The van der Waals surface area contributed by atoms with Gasteiger partial charge in [-0.05, 0) is 82.6 Å². The molecule has 0 bridgehead atoms. The van der Waals surface area contributed by atoms with Crippen molar-refractivity contribution in [1.29, 1.82) is 0 Å².